The van der Waals surface area contributed by atoms with Crippen LogP contribution in [-0.4, -0.2) is 16.9 Å². The molecule has 0 saturated heterocycles. The Morgan fingerprint density at radius 1 is 1.47 bits per heavy atom. The van der Waals surface area contributed by atoms with Gasteiger partial charge in [-0.15, -0.1) is 0 Å². The van der Waals surface area contributed by atoms with Crippen LogP contribution < -0.4 is 5.32 Å². The van der Waals surface area contributed by atoms with E-state index >= 15 is 0 Å². The molecule has 0 aliphatic rings. The van der Waals surface area contributed by atoms with Gasteiger partial charge in [-0.3, -0.25) is 4.79 Å². The van der Waals surface area contributed by atoms with Crippen LogP contribution in [0.15, 0.2) is 41.1 Å². The first kappa shape index (κ1) is 13.3. The number of halogens is 1. The average molecular weight is 262 g/mol. The molecule has 0 aliphatic carbocycles. The van der Waals surface area contributed by atoms with Crippen LogP contribution in [0.5, 0.6) is 0 Å². The molecule has 1 atom stereocenters. The normalized spacial score (nSPS) is 12.1. The molecule has 1 unspecified atom stereocenters. The number of furan rings is 1. The van der Waals surface area contributed by atoms with Crippen molar-refractivity contribution < 1.29 is 13.6 Å². The van der Waals surface area contributed by atoms with Gasteiger partial charge in [0.2, 0.25) is 5.95 Å². The molecule has 1 N–H and O–H groups in total. The molecule has 0 radical (unpaired) electrons. The molecule has 0 saturated carbocycles. The number of hydrogen-bond donors (Lipinski definition) is 1. The number of aryl methyl sites for hydroxylation is 1. The summed E-state index contributed by atoms with van der Waals surface area (Å²) in [7, 11) is 0. The zero-order valence-electron chi connectivity index (χ0n) is 10.6. The van der Waals surface area contributed by atoms with Gasteiger partial charge >= 0.3 is 0 Å². The molecule has 0 fully saturated rings. The smallest absolute Gasteiger partial charge is 0.256 e. The molecule has 0 bridgehead atoms. The lowest BCUT2D eigenvalue weighted by atomic mass is 10.1. The minimum Gasteiger partial charge on any atom is -0.469 e. The Kier molecular flexibility index (Phi) is 4.28. The highest BCUT2D eigenvalue weighted by Gasteiger charge is 2.14. The summed E-state index contributed by atoms with van der Waals surface area (Å²) in [6.45, 7) is 1.87. The van der Waals surface area contributed by atoms with Crippen molar-refractivity contribution in [2.75, 3.05) is 0 Å². The van der Waals surface area contributed by atoms with Gasteiger partial charge in [-0.25, -0.2) is 4.98 Å². The van der Waals surface area contributed by atoms with Crippen LogP contribution in [0.1, 0.15) is 29.5 Å². The predicted octanol–water partition coefficient (Wildman–Crippen LogP) is 2.56. The predicted molar refractivity (Wildman–Crippen MR) is 68.2 cm³/mol. The molecule has 19 heavy (non-hydrogen) atoms. The van der Waals surface area contributed by atoms with Crippen molar-refractivity contribution in [1.82, 2.24) is 10.3 Å². The summed E-state index contributed by atoms with van der Waals surface area (Å²) < 4.78 is 18.5. The lowest BCUT2D eigenvalue weighted by Crippen LogP contribution is -2.33. The number of carbonyl (C=O) groups is 1. The highest BCUT2D eigenvalue weighted by molar-refractivity contribution is 5.94. The minimum absolute atomic E-state index is 0.0349. The SMILES string of the molecule is CC(CCc1ccco1)NC(=O)c1cccnc1F. The van der Waals surface area contributed by atoms with Crippen molar-refractivity contribution >= 4 is 5.91 Å². The van der Waals surface area contributed by atoms with E-state index in [2.05, 4.69) is 10.3 Å². The quantitative estimate of drug-likeness (QED) is 0.842. The summed E-state index contributed by atoms with van der Waals surface area (Å²) in [5, 5.41) is 2.74. The van der Waals surface area contributed by atoms with Gasteiger partial charge in [0.25, 0.3) is 5.91 Å². The summed E-state index contributed by atoms with van der Waals surface area (Å²) in [4.78, 5) is 15.3. The Hall–Kier alpha value is -2.17. The van der Waals surface area contributed by atoms with E-state index < -0.39 is 11.9 Å². The van der Waals surface area contributed by atoms with Gasteiger partial charge in [0.1, 0.15) is 5.76 Å². The van der Waals surface area contributed by atoms with E-state index in [1.807, 2.05) is 19.1 Å². The number of amides is 1. The van der Waals surface area contributed by atoms with Gasteiger partial charge in [0, 0.05) is 18.7 Å². The van der Waals surface area contributed by atoms with Crippen LogP contribution in [0.3, 0.4) is 0 Å². The number of nitrogens with one attached hydrogen (secondary N) is 1. The Morgan fingerprint density at radius 2 is 2.32 bits per heavy atom. The Balaban J connectivity index is 1.87. The van der Waals surface area contributed by atoms with Crippen molar-refractivity contribution in [3.63, 3.8) is 0 Å². The second-order valence-electron chi connectivity index (χ2n) is 4.33. The molecular formula is C14H15FN2O2. The zero-order chi connectivity index (χ0) is 13.7. The number of carbonyl (C=O) groups excluding carboxylic acids is 1. The van der Waals surface area contributed by atoms with E-state index in [-0.39, 0.29) is 11.6 Å². The van der Waals surface area contributed by atoms with E-state index in [0.29, 0.717) is 0 Å². The third kappa shape index (κ3) is 3.64. The first-order valence-corrected chi connectivity index (χ1v) is 6.10. The second-order valence-corrected chi connectivity index (χ2v) is 4.33. The monoisotopic (exact) mass is 262 g/mol. The molecule has 2 rings (SSSR count). The fraction of sp³-hybridized carbons (Fsp3) is 0.286. The summed E-state index contributed by atoms with van der Waals surface area (Å²) in [5.74, 6) is -0.329. The number of nitrogens with zero attached hydrogens (tertiary/aromatic N) is 1. The molecule has 0 aliphatic heterocycles. The van der Waals surface area contributed by atoms with E-state index in [1.54, 1.807) is 6.26 Å². The van der Waals surface area contributed by atoms with Gasteiger partial charge in [0.05, 0.1) is 11.8 Å². The second kappa shape index (κ2) is 6.13. The van der Waals surface area contributed by atoms with Crippen LogP contribution in [-0.2, 0) is 6.42 Å². The van der Waals surface area contributed by atoms with E-state index in [0.717, 1.165) is 18.6 Å². The van der Waals surface area contributed by atoms with E-state index in [1.165, 1.54) is 18.3 Å². The molecule has 2 aromatic rings. The first-order valence-electron chi connectivity index (χ1n) is 6.10. The fourth-order valence-electron chi connectivity index (χ4n) is 1.74. The third-order valence-electron chi connectivity index (χ3n) is 2.79. The van der Waals surface area contributed by atoms with Crippen LogP contribution >= 0.6 is 0 Å². The number of rotatable bonds is 5. The highest BCUT2D eigenvalue weighted by Crippen LogP contribution is 2.07. The van der Waals surface area contributed by atoms with Gasteiger partial charge in [-0.2, -0.15) is 4.39 Å². The van der Waals surface area contributed by atoms with E-state index in [4.69, 9.17) is 4.42 Å². The Bertz CT molecular complexity index is 540. The molecule has 1 amide bonds. The zero-order valence-corrected chi connectivity index (χ0v) is 10.6. The van der Waals surface area contributed by atoms with Crippen molar-refractivity contribution in [1.29, 1.82) is 0 Å². The lowest BCUT2D eigenvalue weighted by Gasteiger charge is -2.13. The summed E-state index contributed by atoms with van der Waals surface area (Å²) >= 11 is 0. The van der Waals surface area contributed by atoms with Crippen LogP contribution in [0.2, 0.25) is 0 Å². The van der Waals surface area contributed by atoms with Crippen LogP contribution in [0, 0.1) is 5.95 Å². The molecule has 100 valence electrons. The number of aromatic nitrogens is 1. The van der Waals surface area contributed by atoms with Crippen molar-refractivity contribution in [2.24, 2.45) is 0 Å². The largest absolute Gasteiger partial charge is 0.469 e. The molecule has 0 spiro atoms. The minimum atomic E-state index is -0.752. The molecule has 4 nitrogen and oxygen atoms in total. The Labute approximate surface area is 110 Å². The summed E-state index contributed by atoms with van der Waals surface area (Å²) in [6.07, 6.45) is 4.38. The molecule has 2 aromatic heterocycles. The topological polar surface area (TPSA) is 55.1 Å². The van der Waals surface area contributed by atoms with E-state index in [9.17, 15) is 9.18 Å². The van der Waals surface area contributed by atoms with Crippen molar-refractivity contribution in [2.45, 2.75) is 25.8 Å². The molecule has 2 heterocycles. The lowest BCUT2D eigenvalue weighted by molar-refractivity contribution is 0.0933. The standard InChI is InChI=1S/C14H15FN2O2/c1-10(6-7-11-4-3-9-19-11)17-14(18)12-5-2-8-16-13(12)15/h2-5,8-10H,6-7H2,1H3,(H,17,18). The van der Waals surface area contributed by atoms with Crippen molar-refractivity contribution in [3.8, 4) is 0 Å². The Morgan fingerprint density at radius 3 is 3.00 bits per heavy atom. The van der Waals surface area contributed by atoms with Gasteiger partial charge in [0.15, 0.2) is 0 Å². The average Bonchev–Trinajstić information content (AvgIpc) is 2.90. The first-order chi connectivity index (χ1) is 9.16. The maximum Gasteiger partial charge on any atom is 0.256 e. The number of hydrogen-bond acceptors (Lipinski definition) is 3. The highest BCUT2D eigenvalue weighted by atomic mass is 19.1. The van der Waals surface area contributed by atoms with Gasteiger partial charge < -0.3 is 9.73 Å². The molecule has 0 aromatic carbocycles. The maximum absolute atomic E-state index is 13.3. The summed E-state index contributed by atoms with van der Waals surface area (Å²) in [5.41, 5.74) is -0.0349. The number of pyridine rings is 1. The molecular weight excluding hydrogens is 247 g/mol. The summed E-state index contributed by atoms with van der Waals surface area (Å²) in [6, 6.07) is 6.58. The van der Waals surface area contributed by atoms with Crippen molar-refractivity contribution in [3.05, 3.63) is 54.0 Å². The van der Waals surface area contributed by atoms with Crippen LogP contribution in [0.4, 0.5) is 4.39 Å². The maximum atomic E-state index is 13.3. The molecule has 5 heteroatoms. The third-order valence-corrected chi connectivity index (χ3v) is 2.79. The fourth-order valence-corrected chi connectivity index (χ4v) is 1.74. The van der Waals surface area contributed by atoms with Crippen LogP contribution in [0.25, 0.3) is 0 Å². The van der Waals surface area contributed by atoms with Gasteiger partial charge in [-0.1, -0.05) is 0 Å². The van der Waals surface area contributed by atoms with Gasteiger partial charge in [-0.05, 0) is 37.6 Å².